The van der Waals surface area contributed by atoms with Crippen molar-refractivity contribution >= 4 is 5.97 Å². The molecule has 1 unspecified atom stereocenters. The quantitative estimate of drug-likeness (QED) is 0.795. The molecular weight excluding hydrogens is 246 g/mol. The van der Waals surface area contributed by atoms with Crippen LogP contribution in [0.4, 0.5) is 0 Å². The number of esters is 1. The second kappa shape index (κ2) is 6.43. The molecule has 1 aromatic carbocycles. The Kier molecular flexibility index (Phi) is 5.18. The van der Waals surface area contributed by atoms with E-state index in [0.29, 0.717) is 11.5 Å². The van der Waals surface area contributed by atoms with E-state index in [-0.39, 0.29) is 12.4 Å². The summed E-state index contributed by atoms with van der Waals surface area (Å²) in [5.74, 6) is 1.12. The maximum atomic E-state index is 11.6. The molecule has 106 valence electrons. The first kappa shape index (κ1) is 15.3. The second-order valence-corrected chi connectivity index (χ2v) is 4.40. The van der Waals surface area contributed by atoms with Gasteiger partial charge >= 0.3 is 5.97 Å². The van der Waals surface area contributed by atoms with Crippen molar-refractivity contribution < 1.29 is 19.0 Å². The van der Waals surface area contributed by atoms with Crippen LogP contribution in [0.2, 0.25) is 0 Å². The number of hydrogen-bond acceptors (Lipinski definition) is 5. The largest absolute Gasteiger partial charge is 0.497 e. The van der Waals surface area contributed by atoms with E-state index in [1.165, 1.54) is 7.11 Å². The summed E-state index contributed by atoms with van der Waals surface area (Å²) in [6.07, 6.45) is 0.198. The van der Waals surface area contributed by atoms with E-state index in [9.17, 15) is 4.79 Å². The summed E-state index contributed by atoms with van der Waals surface area (Å²) in [7, 11) is 6.37. The van der Waals surface area contributed by atoms with Crippen molar-refractivity contribution in [2.75, 3.05) is 28.4 Å². The third-order valence-corrected chi connectivity index (χ3v) is 3.28. The smallest absolute Gasteiger partial charge is 0.307 e. The number of nitrogens with one attached hydrogen (secondary N) is 1. The van der Waals surface area contributed by atoms with Crippen LogP contribution in [0.25, 0.3) is 0 Å². The van der Waals surface area contributed by atoms with Crippen molar-refractivity contribution in [1.82, 2.24) is 5.32 Å². The Morgan fingerprint density at radius 3 is 2.42 bits per heavy atom. The van der Waals surface area contributed by atoms with Gasteiger partial charge in [-0.15, -0.1) is 0 Å². The van der Waals surface area contributed by atoms with E-state index in [0.717, 1.165) is 5.56 Å². The minimum absolute atomic E-state index is 0.198. The highest BCUT2D eigenvalue weighted by Crippen LogP contribution is 2.35. The molecule has 1 aromatic rings. The third-order valence-electron chi connectivity index (χ3n) is 3.28. The van der Waals surface area contributed by atoms with Crippen molar-refractivity contribution in [3.8, 4) is 11.5 Å². The minimum Gasteiger partial charge on any atom is -0.497 e. The highest BCUT2D eigenvalue weighted by atomic mass is 16.5. The first-order chi connectivity index (χ1) is 9.00. The van der Waals surface area contributed by atoms with Gasteiger partial charge in [0, 0.05) is 5.56 Å². The number of benzene rings is 1. The van der Waals surface area contributed by atoms with Gasteiger partial charge in [0.1, 0.15) is 11.5 Å². The fourth-order valence-electron chi connectivity index (χ4n) is 1.92. The predicted octanol–water partition coefficient (Wildman–Crippen LogP) is 1.70. The number of ether oxygens (including phenoxy) is 3. The van der Waals surface area contributed by atoms with Crippen LogP contribution in [0.1, 0.15) is 18.9 Å². The van der Waals surface area contributed by atoms with E-state index in [4.69, 9.17) is 14.2 Å². The van der Waals surface area contributed by atoms with Crippen molar-refractivity contribution in [3.63, 3.8) is 0 Å². The summed E-state index contributed by atoms with van der Waals surface area (Å²) in [5, 5.41) is 3.15. The molecule has 0 saturated heterocycles. The molecule has 19 heavy (non-hydrogen) atoms. The number of rotatable bonds is 6. The molecule has 0 aliphatic heterocycles. The Morgan fingerprint density at radius 1 is 1.26 bits per heavy atom. The van der Waals surface area contributed by atoms with E-state index in [1.54, 1.807) is 21.3 Å². The third kappa shape index (κ3) is 3.38. The highest BCUT2D eigenvalue weighted by molar-refractivity contribution is 5.71. The predicted molar refractivity (Wildman–Crippen MR) is 72.6 cm³/mol. The van der Waals surface area contributed by atoms with E-state index < -0.39 is 5.54 Å². The molecule has 0 amide bonds. The monoisotopic (exact) mass is 267 g/mol. The summed E-state index contributed by atoms with van der Waals surface area (Å²) in [5.41, 5.74) is 0.259. The van der Waals surface area contributed by atoms with Gasteiger partial charge < -0.3 is 19.5 Å². The molecule has 0 aliphatic rings. The molecule has 0 spiro atoms. The van der Waals surface area contributed by atoms with Crippen LogP contribution in [0.15, 0.2) is 18.2 Å². The van der Waals surface area contributed by atoms with Crippen LogP contribution < -0.4 is 14.8 Å². The van der Waals surface area contributed by atoms with Crippen LogP contribution in [0.3, 0.4) is 0 Å². The molecule has 5 heteroatoms. The maximum absolute atomic E-state index is 11.6. The number of carbonyl (C=O) groups is 1. The molecule has 0 bridgehead atoms. The number of hydrogen-bond donors (Lipinski definition) is 1. The fraction of sp³-hybridized carbons (Fsp3) is 0.500. The summed E-state index contributed by atoms with van der Waals surface area (Å²) < 4.78 is 15.3. The van der Waals surface area contributed by atoms with Gasteiger partial charge in [-0.1, -0.05) is 0 Å². The topological polar surface area (TPSA) is 56.8 Å². The number of methoxy groups -OCH3 is 3. The molecule has 0 radical (unpaired) electrons. The van der Waals surface area contributed by atoms with Gasteiger partial charge in [-0.25, -0.2) is 0 Å². The van der Waals surface area contributed by atoms with Crippen LogP contribution in [0.5, 0.6) is 11.5 Å². The second-order valence-electron chi connectivity index (χ2n) is 4.40. The summed E-state index contributed by atoms with van der Waals surface area (Å²) in [6.45, 7) is 1.92. The Hall–Kier alpha value is -1.75. The summed E-state index contributed by atoms with van der Waals surface area (Å²) in [6, 6.07) is 5.50. The number of carbonyl (C=O) groups excluding carboxylic acids is 1. The maximum Gasteiger partial charge on any atom is 0.307 e. The van der Waals surface area contributed by atoms with Crippen LogP contribution in [-0.4, -0.2) is 34.3 Å². The van der Waals surface area contributed by atoms with Gasteiger partial charge in [-0.3, -0.25) is 4.79 Å². The molecule has 1 rings (SSSR count). The molecule has 1 atom stereocenters. The highest BCUT2D eigenvalue weighted by Gasteiger charge is 2.31. The van der Waals surface area contributed by atoms with Crippen LogP contribution in [0, 0.1) is 0 Å². The van der Waals surface area contributed by atoms with Gasteiger partial charge in [-0.05, 0) is 32.2 Å². The lowest BCUT2D eigenvalue weighted by Gasteiger charge is -2.30. The van der Waals surface area contributed by atoms with Crippen molar-refractivity contribution in [2.45, 2.75) is 18.9 Å². The zero-order valence-electron chi connectivity index (χ0n) is 12.1. The van der Waals surface area contributed by atoms with Gasteiger partial charge in [0.15, 0.2) is 0 Å². The SMILES string of the molecule is CNC(C)(CC(=O)OC)c1cc(OC)ccc1OC. The van der Waals surface area contributed by atoms with Crippen molar-refractivity contribution in [2.24, 2.45) is 0 Å². The Balaban J connectivity index is 3.24. The summed E-state index contributed by atoms with van der Waals surface area (Å²) in [4.78, 5) is 11.6. The Morgan fingerprint density at radius 2 is 1.95 bits per heavy atom. The summed E-state index contributed by atoms with van der Waals surface area (Å²) >= 11 is 0. The van der Waals surface area contributed by atoms with Crippen LogP contribution >= 0.6 is 0 Å². The standard InChI is InChI=1S/C14H21NO4/c1-14(15-2,9-13(16)19-5)11-8-10(17-3)6-7-12(11)18-4/h6-8,15H,9H2,1-5H3. The van der Waals surface area contributed by atoms with E-state index in [1.807, 2.05) is 25.1 Å². The first-order valence-electron chi connectivity index (χ1n) is 5.99. The van der Waals surface area contributed by atoms with E-state index >= 15 is 0 Å². The lowest BCUT2D eigenvalue weighted by atomic mass is 9.87. The Bertz CT molecular complexity index is 447. The zero-order chi connectivity index (χ0) is 14.5. The van der Waals surface area contributed by atoms with Crippen LogP contribution in [-0.2, 0) is 15.1 Å². The van der Waals surface area contributed by atoms with Crippen molar-refractivity contribution in [3.05, 3.63) is 23.8 Å². The van der Waals surface area contributed by atoms with Gasteiger partial charge in [0.25, 0.3) is 0 Å². The molecular formula is C14H21NO4. The molecule has 0 fully saturated rings. The molecule has 1 N–H and O–H groups in total. The molecule has 0 heterocycles. The molecule has 0 saturated carbocycles. The van der Waals surface area contributed by atoms with Gasteiger partial charge in [-0.2, -0.15) is 0 Å². The van der Waals surface area contributed by atoms with Gasteiger partial charge in [0.05, 0.1) is 33.3 Å². The average molecular weight is 267 g/mol. The molecule has 5 nitrogen and oxygen atoms in total. The zero-order valence-corrected chi connectivity index (χ0v) is 12.1. The normalized spacial score (nSPS) is 13.5. The minimum atomic E-state index is -0.590. The van der Waals surface area contributed by atoms with E-state index in [2.05, 4.69) is 5.32 Å². The van der Waals surface area contributed by atoms with Crippen molar-refractivity contribution in [1.29, 1.82) is 0 Å². The lowest BCUT2D eigenvalue weighted by molar-refractivity contribution is -0.142. The first-order valence-corrected chi connectivity index (χ1v) is 5.99. The average Bonchev–Trinajstić information content (AvgIpc) is 2.46. The van der Waals surface area contributed by atoms with Gasteiger partial charge in [0.2, 0.25) is 0 Å². The lowest BCUT2D eigenvalue weighted by Crippen LogP contribution is -2.39. The molecule has 0 aliphatic carbocycles. The Labute approximate surface area is 113 Å². The molecule has 0 aromatic heterocycles. The fourth-order valence-corrected chi connectivity index (χ4v) is 1.92.